The Hall–Kier alpha value is -2.11. The van der Waals surface area contributed by atoms with Gasteiger partial charge in [-0.25, -0.2) is 0 Å². The number of nitrogens with zero attached hydrogens (tertiary/aromatic N) is 1. The van der Waals surface area contributed by atoms with Gasteiger partial charge in [-0.1, -0.05) is 32.1 Å². The number of unbranched alkanes of at least 4 members (excludes halogenated alkanes) is 6. The Balaban J connectivity index is 2.13. The third kappa shape index (κ3) is 13.0. The summed E-state index contributed by atoms with van der Waals surface area (Å²) in [5.41, 5.74) is -3.84. The predicted molar refractivity (Wildman–Crippen MR) is 138 cm³/mol. The molecule has 3 N–H and O–H groups in total. The molecule has 0 heterocycles. The van der Waals surface area contributed by atoms with Gasteiger partial charge in [0.15, 0.2) is 5.60 Å². The molecule has 0 saturated heterocycles. The Morgan fingerprint density at radius 1 is 0.925 bits per heavy atom. The molecule has 0 aromatic heterocycles. The third-order valence-corrected chi connectivity index (χ3v) is 7.15. The second kappa shape index (κ2) is 16.4. The molecule has 0 fully saturated rings. The largest absolute Gasteiger partial charge is 0.453 e. The van der Waals surface area contributed by atoms with E-state index in [9.17, 15) is 45.0 Å². The number of aliphatic hydroxyl groups is 1. The Bertz CT molecular complexity index is 963. The molecule has 228 valence electrons. The quantitative estimate of drug-likeness (QED) is 0.121. The van der Waals surface area contributed by atoms with Crippen molar-refractivity contribution < 1.29 is 45.0 Å². The van der Waals surface area contributed by atoms with Crippen molar-refractivity contribution in [2.75, 3.05) is 29.9 Å². The monoisotopic (exact) mass is 605 g/mol. The van der Waals surface area contributed by atoms with Gasteiger partial charge in [0.1, 0.15) is 0 Å². The summed E-state index contributed by atoms with van der Waals surface area (Å²) >= 11 is 1.37. The van der Waals surface area contributed by atoms with Gasteiger partial charge in [0.2, 0.25) is 0 Å². The van der Waals surface area contributed by atoms with Crippen LogP contribution in [-0.2, 0) is 11.0 Å². The number of alkyl halides is 8. The molecule has 1 aromatic rings. The summed E-state index contributed by atoms with van der Waals surface area (Å²) in [5, 5.41) is 24.5. The standard InChI is InChI=1S/C26H35F8N3O2S/c1-23(39,22(38)37-20-11-10-19(17-35)21(16-20)25(29,30)31)18-36-13-7-5-3-2-4-6-8-14-40-15-9-12-24(27,28)26(32,33)34/h10-11,16,36,39H,2-9,12-15,18H2,1H3,(H,37,38). The fourth-order valence-electron chi connectivity index (χ4n) is 3.61. The van der Waals surface area contributed by atoms with E-state index in [0.717, 1.165) is 57.1 Å². The van der Waals surface area contributed by atoms with Crippen LogP contribution in [0.2, 0.25) is 0 Å². The second-order valence-electron chi connectivity index (χ2n) is 9.67. The number of benzene rings is 1. The lowest BCUT2D eigenvalue weighted by molar-refractivity contribution is -0.284. The van der Waals surface area contributed by atoms with Gasteiger partial charge in [0.05, 0.1) is 17.2 Å². The first-order valence-corrected chi connectivity index (χ1v) is 14.0. The van der Waals surface area contributed by atoms with Crippen molar-refractivity contribution in [1.82, 2.24) is 5.32 Å². The summed E-state index contributed by atoms with van der Waals surface area (Å²) < 4.78 is 101. The fourth-order valence-corrected chi connectivity index (χ4v) is 4.57. The first-order valence-electron chi connectivity index (χ1n) is 12.9. The molecule has 0 bridgehead atoms. The number of nitriles is 1. The maximum Gasteiger partial charge on any atom is 0.453 e. The van der Waals surface area contributed by atoms with Crippen LogP contribution in [0.1, 0.15) is 75.8 Å². The van der Waals surface area contributed by atoms with Crippen molar-refractivity contribution in [2.45, 2.75) is 88.6 Å². The highest BCUT2D eigenvalue weighted by Crippen LogP contribution is 2.39. The maximum absolute atomic E-state index is 13.1. The average Bonchev–Trinajstić information content (AvgIpc) is 2.85. The number of anilines is 1. The van der Waals surface area contributed by atoms with Gasteiger partial charge >= 0.3 is 18.3 Å². The van der Waals surface area contributed by atoms with Gasteiger partial charge in [-0.05, 0) is 62.4 Å². The lowest BCUT2D eigenvalue weighted by atomic mass is 10.0. The molecule has 1 unspecified atom stereocenters. The van der Waals surface area contributed by atoms with Crippen LogP contribution in [-0.4, -0.2) is 53.3 Å². The average molecular weight is 606 g/mol. The number of thioether (sulfide) groups is 1. The molecule has 0 aliphatic carbocycles. The minimum Gasteiger partial charge on any atom is -0.379 e. The molecule has 1 amide bonds. The summed E-state index contributed by atoms with van der Waals surface area (Å²) in [4.78, 5) is 12.4. The van der Waals surface area contributed by atoms with E-state index in [1.807, 2.05) is 0 Å². The van der Waals surface area contributed by atoms with Crippen LogP contribution in [0.15, 0.2) is 18.2 Å². The number of carbonyl (C=O) groups excluding carboxylic acids is 1. The van der Waals surface area contributed by atoms with Gasteiger partial charge in [-0.3, -0.25) is 4.79 Å². The topological polar surface area (TPSA) is 85.2 Å². The fraction of sp³-hybridized carbons (Fsp3) is 0.692. The van der Waals surface area contributed by atoms with Crippen molar-refractivity contribution in [3.63, 3.8) is 0 Å². The number of halogens is 8. The number of hydrogen-bond acceptors (Lipinski definition) is 5. The molecule has 0 radical (unpaired) electrons. The molecule has 0 saturated carbocycles. The minimum atomic E-state index is -5.49. The van der Waals surface area contributed by atoms with E-state index >= 15 is 0 Å². The van der Waals surface area contributed by atoms with E-state index in [1.54, 1.807) is 0 Å². The molecule has 0 spiro atoms. The summed E-state index contributed by atoms with van der Waals surface area (Å²) in [5.74, 6) is -4.54. The van der Waals surface area contributed by atoms with Crippen LogP contribution < -0.4 is 10.6 Å². The lowest BCUT2D eigenvalue weighted by Gasteiger charge is -2.23. The van der Waals surface area contributed by atoms with Crippen LogP contribution in [0.4, 0.5) is 40.8 Å². The molecule has 1 rings (SSSR count). The van der Waals surface area contributed by atoms with Crippen LogP contribution in [0.25, 0.3) is 0 Å². The molecule has 14 heteroatoms. The Kier molecular flexibility index (Phi) is 14.7. The van der Waals surface area contributed by atoms with Crippen LogP contribution in [0.5, 0.6) is 0 Å². The molecular formula is C26H35F8N3O2S. The lowest BCUT2D eigenvalue weighted by Crippen LogP contribution is -2.48. The first-order chi connectivity index (χ1) is 18.5. The maximum atomic E-state index is 13.1. The number of nitrogens with one attached hydrogen (secondary N) is 2. The normalized spacial score (nSPS) is 14.0. The second-order valence-corrected chi connectivity index (χ2v) is 10.9. The molecular weight excluding hydrogens is 570 g/mol. The van der Waals surface area contributed by atoms with Crippen molar-refractivity contribution in [2.24, 2.45) is 0 Å². The molecule has 40 heavy (non-hydrogen) atoms. The number of hydrogen-bond donors (Lipinski definition) is 3. The summed E-state index contributed by atoms with van der Waals surface area (Å²) in [6.07, 6.45) is -5.26. The third-order valence-electron chi connectivity index (χ3n) is 6.00. The van der Waals surface area contributed by atoms with Gasteiger partial charge in [-0.2, -0.15) is 52.1 Å². The minimum absolute atomic E-state index is 0.118. The number of rotatable bonds is 18. The molecule has 1 aromatic carbocycles. The summed E-state index contributed by atoms with van der Waals surface area (Å²) in [7, 11) is 0. The zero-order valence-corrected chi connectivity index (χ0v) is 23.0. The Morgan fingerprint density at radius 3 is 2.08 bits per heavy atom. The predicted octanol–water partition coefficient (Wildman–Crippen LogP) is 7.30. The van der Waals surface area contributed by atoms with Gasteiger partial charge < -0.3 is 15.7 Å². The van der Waals surface area contributed by atoms with Crippen LogP contribution >= 0.6 is 11.8 Å². The van der Waals surface area contributed by atoms with Crippen LogP contribution in [0, 0.1) is 11.3 Å². The summed E-state index contributed by atoms with van der Waals surface area (Å²) in [6, 6.07) is 4.20. The molecule has 0 aliphatic rings. The Labute approximate surface area is 233 Å². The smallest absolute Gasteiger partial charge is 0.379 e. The number of amides is 1. The van der Waals surface area contributed by atoms with Crippen molar-refractivity contribution in [3.05, 3.63) is 29.3 Å². The van der Waals surface area contributed by atoms with E-state index in [1.165, 1.54) is 24.8 Å². The summed E-state index contributed by atoms with van der Waals surface area (Å²) in [6.45, 7) is 1.63. The molecule has 1 atom stereocenters. The first kappa shape index (κ1) is 35.9. The van der Waals surface area contributed by atoms with Crippen molar-refractivity contribution in [1.29, 1.82) is 5.26 Å². The van der Waals surface area contributed by atoms with E-state index < -0.39 is 47.3 Å². The highest BCUT2D eigenvalue weighted by Gasteiger charge is 2.56. The Morgan fingerprint density at radius 2 is 1.50 bits per heavy atom. The molecule has 0 aliphatic heterocycles. The van der Waals surface area contributed by atoms with E-state index in [0.29, 0.717) is 18.4 Å². The van der Waals surface area contributed by atoms with E-state index in [4.69, 9.17) is 5.26 Å². The van der Waals surface area contributed by atoms with Gasteiger partial charge in [-0.15, -0.1) is 0 Å². The van der Waals surface area contributed by atoms with Crippen LogP contribution in [0.3, 0.4) is 0 Å². The van der Waals surface area contributed by atoms with E-state index in [2.05, 4.69) is 10.6 Å². The zero-order chi connectivity index (χ0) is 30.5. The van der Waals surface area contributed by atoms with Gasteiger partial charge in [0, 0.05) is 18.7 Å². The van der Waals surface area contributed by atoms with E-state index in [-0.39, 0.29) is 24.4 Å². The molecule has 5 nitrogen and oxygen atoms in total. The highest BCUT2D eigenvalue weighted by molar-refractivity contribution is 7.99. The van der Waals surface area contributed by atoms with Crippen molar-refractivity contribution in [3.8, 4) is 6.07 Å². The van der Waals surface area contributed by atoms with Crippen molar-refractivity contribution >= 4 is 23.4 Å². The van der Waals surface area contributed by atoms with Gasteiger partial charge in [0.25, 0.3) is 5.91 Å². The number of carbonyl (C=O) groups is 1. The zero-order valence-electron chi connectivity index (χ0n) is 22.2. The highest BCUT2D eigenvalue weighted by atomic mass is 32.2. The SMILES string of the molecule is CC(O)(CNCCCCCCCCCSCCCC(F)(F)C(F)(F)F)C(=O)Nc1ccc(C#N)c(C(F)(F)F)c1.